The van der Waals surface area contributed by atoms with Crippen LogP contribution in [0.5, 0.6) is 0 Å². The summed E-state index contributed by atoms with van der Waals surface area (Å²) in [7, 11) is 0. The molecular weight excluding hydrogens is 96.1 g/mol. The maximum atomic E-state index is 2.46. The summed E-state index contributed by atoms with van der Waals surface area (Å²) in [6, 6.07) is 0. The molecule has 0 nitrogen and oxygen atoms in total. The molecule has 0 aromatic carbocycles. The summed E-state index contributed by atoms with van der Waals surface area (Å²) in [5.74, 6) is 1.05. The van der Waals surface area contributed by atoms with Gasteiger partial charge in [-0.05, 0) is 38.0 Å². The van der Waals surface area contributed by atoms with E-state index in [9.17, 15) is 0 Å². The number of hydrogen-bond donors (Lipinski definition) is 0. The van der Waals surface area contributed by atoms with Gasteiger partial charge in [-0.2, -0.15) is 0 Å². The minimum atomic E-state index is 1.05. The van der Waals surface area contributed by atoms with E-state index in [1.165, 1.54) is 32.1 Å². The minimum Gasteiger partial charge on any atom is -0.0850 e. The van der Waals surface area contributed by atoms with Gasteiger partial charge in [0, 0.05) is 0 Å². The normalized spacial score (nSPS) is 28.2. The second-order valence-corrected chi connectivity index (χ2v) is 2.95. The van der Waals surface area contributed by atoms with Gasteiger partial charge in [0.1, 0.15) is 0 Å². The molecule has 0 bridgehead atoms. The van der Waals surface area contributed by atoms with Crippen molar-refractivity contribution in [2.24, 2.45) is 5.92 Å². The van der Waals surface area contributed by atoms with Crippen LogP contribution in [0.2, 0.25) is 0 Å². The first-order chi connectivity index (χ1) is 3.97. The van der Waals surface area contributed by atoms with Gasteiger partial charge in [-0.1, -0.05) is 11.6 Å². The average Bonchev–Trinajstić information content (AvgIpc) is 2.49. The van der Waals surface area contributed by atoms with Gasteiger partial charge in [0.2, 0.25) is 0 Å². The van der Waals surface area contributed by atoms with Gasteiger partial charge in [-0.15, -0.1) is 0 Å². The van der Waals surface area contributed by atoms with Crippen LogP contribution in [0.1, 0.15) is 32.1 Å². The molecule has 0 unspecified atom stereocenters. The lowest BCUT2D eigenvalue weighted by Gasteiger charge is -1.92. The molecule has 0 spiro atoms. The first-order valence-electron chi connectivity index (χ1n) is 3.66. The zero-order valence-corrected chi connectivity index (χ0v) is 5.19. The first kappa shape index (κ1) is 4.60. The van der Waals surface area contributed by atoms with Crippen LogP contribution in [0.15, 0.2) is 11.6 Å². The van der Waals surface area contributed by atoms with Crippen molar-refractivity contribution < 1.29 is 0 Å². The van der Waals surface area contributed by atoms with E-state index in [4.69, 9.17) is 0 Å². The van der Waals surface area contributed by atoms with Gasteiger partial charge in [-0.3, -0.25) is 0 Å². The molecule has 8 heavy (non-hydrogen) atoms. The predicted octanol–water partition coefficient (Wildman–Crippen LogP) is 2.51. The monoisotopic (exact) mass is 108 g/mol. The van der Waals surface area contributed by atoms with Crippen molar-refractivity contribution in [3.8, 4) is 0 Å². The summed E-state index contributed by atoms with van der Waals surface area (Å²) in [6.45, 7) is 0. The Hall–Kier alpha value is -0.260. The van der Waals surface area contributed by atoms with E-state index in [2.05, 4.69) is 6.08 Å². The highest BCUT2D eigenvalue weighted by atomic mass is 14.3. The van der Waals surface area contributed by atoms with E-state index in [1.807, 2.05) is 0 Å². The van der Waals surface area contributed by atoms with Crippen molar-refractivity contribution in [1.29, 1.82) is 0 Å². The zero-order valence-electron chi connectivity index (χ0n) is 5.19. The lowest BCUT2D eigenvalue weighted by Crippen LogP contribution is -1.76. The second-order valence-electron chi connectivity index (χ2n) is 2.95. The molecule has 0 heteroatoms. The Morgan fingerprint density at radius 1 is 1.38 bits per heavy atom. The van der Waals surface area contributed by atoms with Crippen molar-refractivity contribution in [3.63, 3.8) is 0 Å². The lowest BCUT2D eigenvalue weighted by atomic mass is 10.1. The van der Waals surface area contributed by atoms with Crippen LogP contribution >= 0.6 is 0 Å². The summed E-state index contributed by atoms with van der Waals surface area (Å²) in [4.78, 5) is 0. The summed E-state index contributed by atoms with van der Waals surface area (Å²) in [6.07, 6.45) is 9.66. The standard InChI is InChI=1S/C8H12/c1-2-4-7(3-1)8-5-6-8/h3,8H,1-2,4-6H2. The third-order valence-corrected chi connectivity index (χ3v) is 2.18. The Balaban J connectivity index is 2.02. The largest absolute Gasteiger partial charge is 0.0850 e. The molecule has 0 heterocycles. The van der Waals surface area contributed by atoms with Crippen LogP contribution in [0, 0.1) is 5.92 Å². The van der Waals surface area contributed by atoms with E-state index in [0.717, 1.165) is 5.92 Å². The molecule has 44 valence electrons. The molecule has 0 saturated heterocycles. The summed E-state index contributed by atoms with van der Waals surface area (Å²) < 4.78 is 0. The van der Waals surface area contributed by atoms with Gasteiger partial charge >= 0.3 is 0 Å². The fraction of sp³-hybridized carbons (Fsp3) is 0.750. The van der Waals surface area contributed by atoms with Crippen molar-refractivity contribution in [1.82, 2.24) is 0 Å². The molecule has 1 saturated carbocycles. The van der Waals surface area contributed by atoms with Crippen LogP contribution in [-0.2, 0) is 0 Å². The topological polar surface area (TPSA) is 0 Å². The molecule has 1 fully saturated rings. The number of rotatable bonds is 1. The van der Waals surface area contributed by atoms with E-state index in [1.54, 1.807) is 5.57 Å². The molecule has 0 N–H and O–H groups in total. The predicted molar refractivity (Wildman–Crippen MR) is 34.7 cm³/mol. The van der Waals surface area contributed by atoms with Crippen molar-refractivity contribution in [2.45, 2.75) is 32.1 Å². The Morgan fingerprint density at radius 3 is 2.75 bits per heavy atom. The summed E-state index contributed by atoms with van der Waals surface area (Å²) in [5, 5.41) is 0. The molecular formula is C8H12. The lowest BCUT2D eigenvalue weighted by molar-refractivity contribution is 0.852. The molecule has 0 aromatic rings. The third kappa shape index (κ3) is 0.683. The molecule has 0 amide bonds. The smallest absolute Gasteiger partial charge is 0.0203 e. The van der Waals surface area contributed by atoms with Crippen LogP contribution < -0.4 is 0 Å². The highest BCUT2D eigenvalue weighted by Gasteiger charge is 2.26. The van der Waals surface area contributed by atoms with E-state index < -0.39 is 0 Å². The highest BCUT2D eigenvalue weighted by Crippen LogP contribution is 2.41. The van der Waals surface area contributed by atoms with Crippen molar-refractivity contribution in [3.05, 3.63) is 11.6 Å². The molecule has 0 atom stereocenters. The van der Waals surface area contributed by atoms with E-state index >= 15 is 0 Å². The Labute approximate surface area is 50.6 Å². The first-order valence-corrected chi connectivity index (χ1v) is 3.66. The third-order valence-electron chi connectivity index (χ3n) is 2.18. The number of allylic oxidation sites excluding steroid dienone is 2. The Kier molecular flexibility index (Phi) is 0.927. The van der Waals surface area contributed by atoms with Gasteiger partial charge in [0.25, 0.3) is 0 Å². The van der Waals surface area contributed by atoms with Crippen LogP contribution in [0.3, 0.4) is 0 Å². The summed E-state index contributed by atoms with van der Waals surface area (Å²) in [5.41, 5.74) is 1.78. The fourth-order valence-corrected chi connectivity index (χ4v) is 1.52. The Bertz CT molecular complexity index is 118. The van der Waals surface area contributed by atoms with Gasteiger partial charge in [0.15, 0.2) is 0 Å². The zero-order chi connectivity index (χ0) is 5.40. The van der Waals surface area contributed by atoms with Crippen molar-refractivity contribution >= 4 is 0 Å². The quantitative estimate of drug-likeness (QED) is 0.453. The van der Waals surface area contributed by atoms with Crippen LogP contribution in [0.25, 0.3) is 0 Å². The van der Waals surface area contributed by atoms with Crippen LogP contribution in [0.4, 0.5) is 0 Å². The molecule has 2 aliphatic rings. The molecule has 2 aliphatic carbocycles. The molecule has 0 aliphatic heterocycles. The van der Waals surface area contributed by atoms with Crippen LogP contribution in [-0.4, -0.2) is 0 Å². The van der Waals surface area contributed by atoms with Gasteiger partial charge in [-0.25, -0.2) is 0 Å². The molecule has 0 aromatic heterocycles. The maximum Gasteiger partial charge on any atom is -0.0203 e. The van der Waals surface area contributed by atoms with E-state index in [0.29, 0.717) is 0 Å². The summed E-state index contributed by atoms with van der Waals surface area (Å²) >= 11 is 0. The second kappa shape index (κ2) is 1.61. The number of hydrogen-bond acceptors (Lipinski definition) is 0. The van der Waals surface area contributed by atoms with Gasteiger partial charge < -0.3 is 0 Å². The highest BCUT2D eigenvalue weighted by molar-refractivity contribution is 5.15. The van der Waals surface area contributed by atoms with Gasteiger partial charge in [0.05, 0.1) is 0 Å². The maximum absolute atomic E-state index is 2.46. The minimum absolute atomic E-state index is 1.05. The van der Waals surface area contributed by atoms with Crippen molar-refractivity contribution in [2.75, 3.05) is 0 Å². The molecule has 2 rings (SSSR count). The SMILES string of the molecule is C1=C(C2CC2)CCC1. The Morgan fingerprint density at radius 2 is 2.25 bits per heavy atom. The molecule has 0 radical (unpaired) electrons. The fourth-order valence-electron chi connectivity index (χ4n) is 1.52. The average molecular weight is 108 g/mol. The van der Waals surface area contributed by atoms with E-state index in [-0.39, 0.29) is 0 Å².